The van der Waals surface area contributed by atoms with Gasteiger partial charge in [-0.05, 0) is 55.5 Å². The van der Waals surface area contributed by atoms with Crippen LogP contribution in [-0.4, -0.2) is 26.9 Å². The molecule has 0 aliphatic heterocycles. The van der Waals surface area contributed by atoms with Gasteiger partial charge in [-0.1, -0.05) is 18.2 Å². The molecule has 144 valence electrons. The minimum atomic E-state index is -3.66. The first-order chi connectivity index (χ1) is 13.4. The molecule has 8 heteroatoms. The molecule has 0 atom stereocenters. The van der Waals surface area contributed by atoms with E-state index >= 15 is 0 Å². The van der Waals surface area contributed by atoms with E-state index in [4.69, 9.17) is 4.74 Å². The molecular weight excluding hydrogens is 398 g/mol. The number of amides is 1. The van der Waals surface area contributed by atoms with E-state index in [-0.39, 0.29) is 20.6 Å². The number of anilines is 1. The van der Waals surface area contributed by atoms with Crippen molar-refractivity contribution in [2.75, 3.05) is 11.9 Å². The van der Waals surface area contributed by atoms with Gasteiger partial charge in [-0.25, -0.2) is 13.2 Å². The molecule has 0 saturated heterocycles. The number of benzene rings is 2. The summed E-state index contributed by atoms with van der Waals surface area (Å²) in [6.07, 6.45) is 0. The summed E-state index contributed by atoms with van der Waals surface area (Å²) in [6.45, 7) is 2.00. The molecule has 28 heavy (non-hydrogen) atoms. The highest BCUT2D eigenvalue weighted by molar-refractivity contribution is 7.93. The number of carbonyl (C=O) groups excluding carboxylic acids is 2. The number of sulfone groups is 1. The topological polar surface area (TPSA) is 89.5 Å². The summed E-state index contributed by atoms with van der Waals surface area (Å²) in [5.41, 5.74) is 0.867. The van der Waals surface area contributed by atoms with E-state index in [1.807, 2.05) is 0 Å². The van der Waals surface area contributed by atoms with E-state index < -0.39 is 21.7 Å². The third kappa shape index (κ3) is 4.29. The molecule has 1 heterocycles. The van der Waals surface area contributed by atoms with Crippen molar-refractivity contribution in [3.63, 3.8) is 0 Å². The molecule has 3 aromatic rings. The summed E-state index contributed by atoms with van der Waals surface area (Å²) >= 11 is 0.903. The number of hydrogen-bond donors (Lipinski definition) is 1. The number of rotatable bonds is 6. The van der Waals surface area contributed by atoms with Crippen molar-refractivity contribution in [2.45, 2.75) is 16.0 Å². The predicted molar refractivity (Wildman–Crippen MR) is 107 cm³/mol. The van der Waals surface area contributed by atoms with Crippen LogP contribution in [0.25, 0.3) is 0 Å². The maximum absolute atomic E-state index is 12.6. The van der Waals surface area contributed by atoms with Crippen LogP contribution in [0.2, 0.25) is 0 Å². The lowest BCUT2D eigenvalue weighted by Crippen LogP contribution is -2.10. The largest absolute Gasteiger partial charge is 0.462 e. The molecule has 0 radical (unpaired) electrons. The number of nitrogens with one attached hydrogen (secondary N) is 1. The number of carbonyl (C=O) groups is 2. The lowest BCUT2D eigenvalue weighted by Gasteiger charge is -2.05. The first-order valence-electron chi connectivity index (χ1n) is 8.40. The molecular formula is C20H17NO5S2. The highest BCUT2D eigenvalue weighted by Gasteiger charge is 2.21. The van der Waals surface area contributed by atoms with E-state index in [2.05, 4.69) is 5.32 Å². The normalized spacial score (nSPS) is 11.0. The van der Waals surface area contributed by atoms with Gasteiger partial charge in [0.15, 0.2) is 0 Å². The van der Waals surface area contributed by atoms with Gasteiger partial charge in [-0.3, -0.25) is 4.79 Å². The van der Waals surface area contributed by atoms with Crippen molar-refractivity contribution in [1.82, 2.24) is 0 Å². The summed E-state index contributed by atoms with van der Waals surface area (Å²) in [5, 5.41) is 2.69. The molecule has 1 N–H and O–H groups in total. The zero-order valence-electron chi connectivity index (χ0n) is 14.9. The molecule has 3 rings (SSSR count). The molecule has 0 fully saturated rings. The summed E-state index contributed by atoms with van der Waals surface area (Å²) in [7, 11) is -3.66. The van der Waals surface area contributed by atoms with Gasteiger partial charge in [0.2, 0.25) is 9.84 Å². The van der Waals surface area contributed by atoms with E-state index in [1.54, 1.807) is 49.4 Å². The van der Waals surface area contributed by atoms with Gasteiger partial charge >= 0.3 is 5.97 Å². The van der Waals surface area contributed by atoms with E-state index in [9.17, 15) is 18.0 Å². The van der Waals surface area contributed by atoms with E-state index in [1.165, 1.54) is 24.3 Å². The quantitative estimate of drug-likeness (QED) is 0.615. The number of esters is 1. The maximum atomic E-state index is 12.6. The van der Waals surface area contributed by atoms with Gasteiger partial charge in [0.1, 0.15) is 4.21 Å². The van der Waals surface area contributed by atoms with Crippen LogP contribution < -0.4 is 5.32 Å². The number of ether oxygens (including phenoxy) is 1. The zero-order chi connectivity index (χ0) is 20.1. The van der Waals surface area contributed by atoms with E-state index in [0.717, 1.165) is 11.3 Å². The van der Waals surface area contributed by atoms with Crippen LogP contribution in [-0.2, 0) is 14.6 Å². The fourth-order valence-corrected chi connectivity index (χ4v) is 5.02. The third-order valence-electron chi connectivity index (χ3n) is 3.78. The Kier molecular flexibility index (Phi) is 5.91. The molecule has 0 unspecified atom stereocenters. The lowest BCUT2D eigenvalue weighted by molar-refractivity contribution is 0.0526. The van der Waals surface area contributed by atoms with Gasteiger partial charge in [-0.2, -0.15) is 0 Å². The molecule has 2 aromatic carbocycles. The fourth-order valence-electron chi connectivity index (χ4n) is 2.40. The molecule has 1 aromatic heterocycles. The van der Waals surface area contributed by atoms with Crippen LogP contribution in [0.3, 0.4) is 0 Å². The highest BCUT2D eigenvalue weighted by Crippen LogP contribution is 2.28. The minimum absolute atomic E-state index is 0.0986. The van der Waals surface area contributed by atoms with Gasteiger partial charge in [0.05, 0.1) is 21.9 Å². The molecule has 6 nitrogen and oxygen atoms in total. The van der Waals surface area contributed by atoms with Gasteiger partial charge in [0.25, 0.3) is 5.91 Å². The lowest BCUT2D eigenvalue weighted by atomic mass is 10.2. The Labute approximate surface area is 166 Å². The summed E-state index contributed by atoms with van der Waals surface area (Å²) in [6, 6.07) is 17.2. The number of hydrogen-bond acceptors (Lipinski definition) is 6. The average molecular weight is 415 g/mol. The standard InChI is InChI=1S/C20H17NO5S2/c1-2-26-20(23)14-8-10-15(11-9-14)21-19(22)17-12-13-18(27-17)28(24,25)16-6-4-3-5-7-16/h3-13H,2H2,1H3,(H,21,22). The van der Waals surface area contributed by atoms with Crippen LogP contribution in [0.5, 0.6) is 0 Å². The van der Waals surface area contributed by atoms with Crippen LogP contribution in [0.4, 0.5) is 5.69 Å². The fraction of sp³-hybridized carbons (Fsp3) is 0.100. The highest BCUT2D eigenvalue weighted by atomic mass is 32.2. The Balaban J connectivity index is 1.73. The minimum Gasteiger partial charge on any atom is -0.462 e. The average Bonchev–Trinajstić information content (AvgIpc) is 3.21. The Hall–Kier alpha value is -2.97. The zero-order valence-corrected chi connectivity index (χ0v) is 16.5. The maximum Gasteiger partial charge on any atom is 0.338 e. The molecule has 0 saturated carbocycles. The molecule has 1 amide bonds. The van der Waals surface area contributed by atoms with Gasteiger partial charge in [0, 0.05) is 5.69 Å². The van der Waals surface area contributed by atoms with Crippen LogP contribution in [0.15, 0.2) is 75.8 Å². The SMILES string of the molecule is CCOC(=O)c1ccc(NC(=O)c2ccc(S(=O)(=O)c3ccccc3)s2)cc1. The van der Waals surface area contributed by atoms with E-state index in [0.29, 0.717) is 11.3 Å². The number of thiophene rings is 1. The Morgan fingerprint density at radius 3 is 2.29 bits per heavy atom. The first kappa shape index (κ1) is 19.8. The smallest absolute Gasteiger partial charge is 0.338 e. The summed E-state index contributed by atoms with van der Waals surface area (Å²) in [4.78, 5) is 24.5. The summed E-state index contributed by atoms with van der Waals surface area (Å²) < 4.78 is 30.2. The second kappa shape index (κ2) is 8.37. The first-order valence-corrected chi connectivity index (χ1v) is 10.7. The molecule has 0 bridgehead atoms. The Morgan fingerprint density at radius 2 is 1.64 bits per heavy atom. The second-order valence-electron chi connectivity index (χ2n) is 5.69. The monoisotopic (exact) mass is 415 g/mol. The van der Waals surface area contributed by atoms with Crippen LogP contribution in [0, 0.1) is 0 Å². The van der Waals surface area contributed by atoms with Crippen molar-refractivity contribution in [3.05, 3.63) is 77.2 Å². The summed E-state index contributed by atoms with van der Waals surface area (Å²) in [5.74, 6) is -0.863. The Bertz CT molecular complexity index is 1090. The van der Waals surface area contributed by atoms with Crippen molar-refractivity contribution in [2.24, 2.45) is 0 Å². The van der Waals surface area contributed by atoms with Crippen LogP contribution in [0.1, 0.15) is 27.0 Å². The molecule has 0 aliphatic rings. The van der Waals surface area contributed by atoms with Crippen LogP contribution >= 0.6 is 11.3 Å². The molecule has 0 aliphatic carbocycles. The molecule has 0 spiro atoms. The predicted octanol–water partition coefficient (Wildman–Crippen LogP) is 4.01. The Morgan fingerprint density at radius 1 is 0.964 bits per heavy atom. The van der Waals surface area contributed by atoms with Gasteiger partial charge < -0.3 is 10.1 Å². The van der Waals surface area contributed by atoms with Crippen molar-refractivity contribution in [1.29, 1.82) is 0 Å². The second-order valence-corrected chi connectivity index (χ2v) is 8.95. The third-order valence-corrected chi connectivity index (χ3v) is 7.12. The van der Waals surface area contributed by atoms with Crippen molar-refractivity contribution in [3.8, 4) is 0 Å². The van der Waals surface area contributed by atoms with Crippen molar-refractivity contribution >= 4 is 38.7 Å². The van der Waals surface area contributed by atoms with Crippen molar-refractivity contribution < 1.29 is 22.7 Å². The van der Waals surface area contributed by atoms with Gasteiger partial charge in [-0.15, -0.1) is 11.3 Å².